The van der Waals surface area contributed by atoms with Crippen molar-refractivity contribution in [1.82, 2.24) is 0 Å². The van der Waals surface area contributed by atoms with Gasteiger partial charge in [0.15, 0.2) is 6.61 Å². The van der Waals surface area contributed by atoms with Gasteiger partial charge in [0.2, 0.25) is 0 Å². The van der Waals surface area contributed by atoms with Crippen molar-refractivity contribution in [3.05, 3.63) is 59.7 Å². The maximum atomic E-state index is 11.8. The molecule has 0 spiro atoms. The van der Waals surface area contributed by atoms with Crippen LogP contribution in [0.1, 0.15) is 17.5 Å². The van der Waals surface area contributed by atoms with Crippen LogP contribution in [0.15, 0.2) is 53.4 Å². The van der Waals surface area contributed by atoms with E-state index in [2.05, 4.69) is 11.4 Å². The zero-order chi connectivity index (χ0) is 18.8. The molecule has 2 rings (SSSR count). The fraction of sp³-hybridized carbons (Fsp3) is 0.250. The van der Waals surface area contributed by atoms with Crippen molar-refractivity contribution in [2.45, 2.75) is 24.7 Å². The highest BCUT2D eigenvalue weighted by atomic mass is 32.2. The maximum absolute atomic E-state index is 11.8. The van der Waals surface area contributed by atoms with E-state index in [0.717, 1.165) is 10.5 Å². The molecule has 6 heteroatoms. The van der Waals surface area contributed by atoms with E-state index in [1.54, 1.807) is 36.0 Å². The molecule has 0 atom stereocenters. The fourth-order valence-corrected chi connectivity index (χ4v) is 2.93. The molecule has 1 amide bonds. The quantitative estimate of drug-likeness (QED) is 0.567. The van der Waals surface area contributed by atoms with Crippen LogP contribution in [-0.2, 0) is 20.7 Å². The Morgan fingerprint density at radius 1 is 1.12 bits per heavy atom. The standard InChI is InChI=1S/C20H20N2O3S/c1-15-2-8-18(9-3-15)26-13-11-20(24)25-14-19(23)22-17-6-4-16(5-7-17)10-12-21/h2-9H,10-11,13-14H2,1H3,(H,22,23). The minimum atomic E-state index is -0.399. The van der Waals surface area contributed by atoms with Crippen LogP contribution < -0.4 is 5.32 Å². The number of carbonyl (C=O) groups excluding carboxylic acids is 2. The summed E-state index contributed by atoms with van der Waals surface area (Å²) in [5.74, 6) is -0.189. The number of thioether (sulfide) groups is 1. The summed E-state index contributed by atoms with van der Waals surface area (Å²) < 4.78 is 4.99. The summed E-state index contributed by atoms with van der Waals surface area (Å²) in [5, 5.41) is 11.3. The highest BCUT2D eigenvalue weighted by Crippen LogP contribution is 2.19. The largest absolute Gasteiger partial charge is 0.456 e. The highest BCUT2D eigenvalue weighted by molar-refractivity contribution is 7.99. The zero-order valence-electron chi connectivity index (χ0n) is 14.5. The van der Waals surface area contributed by atoms with Gasteiger partial charge in [0.1, 0.15) is 0 Å². The zero-order valence-corrected chi connectivity index (χ0v) is 15.3. The average molecular weight is 368 g/mol. The SMILES string of the molecule is Cc1ccc(SCCC(=O)OCC(=O)Nc2ccc(CC#N)cc2)cc1. The van der Waals surface area contributed by atoms with E-state index >= 15 is 0 Å². The molecule has 2 aromatic carbocycles. The normalized spacial score (nSPS) is 10.0. The van der Waals surface area contributed by atoms with Crippen molar-refractivity contribution in [2.75, 3.05) is 17.7 Å². The van der Waals surface area contributed by atoms with Gasteiger partial charge in [-0.2, -0.15) is 5.26 Å². The lowest BCUT2D eigenvalue weighted by molar-refractivity contribution is -0.146. The molecule has 0 aromatic heterocycles. The molecule has 2 aromatic rings. The average Bonchev–Trinajstić information content (AvgIpc) is 2.63. The number of nitrogens with one attached hydrogen (secondary N) is 1. The number of benzene rings is 2. The van der Waals surface area contributed by atoms with Crippen molar-refractivity contribution in [3.63, 3.8) is 0 Å². The lowest BCUT2D eigenvalue weighted by atomic mass is 10.1. The number of rotatable bonds is 8. The Hall–Kier alpha value is -2.78. The lowest BCUT2D eigenvalue weighted by Crippen LogP contribution is -2.21. The molecule has 0 saturated carbocycles. The van der Waals surface area contributed by atoms with Crippen molar-refractivity contribution in [1.29, 1.82) is 5.26 Å². The second kappa shape index (κ2) is 10.3. The van der Waals surface area contributed by atoms with E-state index in [9.17, 15) is 9.59 Å². The number of ether oxygens (including phenoxy) is 1. The van der Waals surface area contributed by atoms with E-state index in [1.165, 1.54) is 5.56 Å². The van der Waals surface area contributed by atoms with Gasteiger partial charge in [0.25, 0.3) is 5.91 Å². The predicted molar refractivity (Wildman–Crippen MR) is 102 cm³/mol. The summed E-state index contributed by atoms with van der Waals surface area (Å²) in [6, 6.07) is 17.1. The molecule has 0 aliphatic rings. The Morgan fingerprint density at radius 3 is 2.46 bits per heavy atom. The van der Waals surface area contributed by atoms with E-state index in [1.807, 2.05) is 31.2 Å². The van der Waals surface area contributed by atoms with Gasteiger partial charge in [-0.25, -0.2) is 0 Å². The molecule has 0 aliphatic carbocycles. The molecule has 0 unspecified atom stereocenters. The molecule has 0 heterocycles. The second-order valence-corrected chi connectivity index (χ2v) is 6.82. The number of hydrogen-bond donors (Lipinski definition) is 1. The van der Waals surface area contributed by atoms with Crippen LogP contribution in [-0.4, -0.2) is 24.2 Å². The third-order valence-electron chi connectivity index (χ3n) is 3.48. The summed E-state index contributed by atoms with van der Waals surface area (Å²) in [6.45, 7) is 1.71. The number of nitriles is 1. The Balaban J connectivity index is 1.65. The number of amides is 1. The van der Waals surface area contributed by atoms with Gasteiger partial charge in [0.05, 0.1) is 18.9 Å². The summed E-state index contributed by atoms with van der Waals surface area (Å²) in [7, 11) is 0. The van der Waals surface area contributed by atoms with Gasteiger partial charge in [-0.05, 0) is 36.8 Å². The number of esters is 1. The first kappa shape index (κ1) is 19.5. The smallest absolute Gasteiger partial charge is 0.307 e. The summed E-state index contributed by atoms with van der Waals surface area (Å²) in [6.07, 6.45) is 0.571. The molecule has 0 bridgehead atoms. The molecule has 0 radical (unpaired) electrons. The van der Waals surface area contributed by atoms with Crippen LogP contribution in [0.2, 0.25) is 0 Å². The number of aryl methyl sites for hydroxylation is 1. The number of hydrogen-bond acceptors (Lipinski definition) is 5. The van der Waals surface area contributed by atoms with Gasteiger partial charge in [-0.1, -0.05) is 29.8 Å². The first-order valence-corrected chi connectivity index (χ1v) is 9.16. The number of carbonyl (C=O) groups is 2. The fourth-order valence-electron chi connectivity index (χ4n) is 2.10. The number of nitrogens with zero attached hydrogens (tertiary/aromatic N) is 1. The van der Waals surface area contributed by atoms with Crippen LogP contribution in [0.5, 0.6) is 0 Å². The number of anilines is 1. The third-order valence-corrected chi connectivity index (χ3v) is 4.49. The Labute approximate surface area is 157 Å². The molecule has 134 valence electrons. The Kier molecular flexibility index (Phi) is 7.72. The van der Waals surface area contributed by atoms with Gasteiger partial charge < -0.3 is 10.1 Å². The molecule has 26 heavy (non-hydrogen) atoms. The van der Waals surface area contributed by atoms with Gasteiger partial charge in [-0.3, -0.25) is 9.59 Å². The van der Waals surface area contributed by atoms with Crippen molar-refractivity contribution in [3.8, 4) is 6.07 Å². The van der Waals surface area contributed by atoms with Crippen LogP contribution in [0.3, 0.4) is 0 Å². The molecule has 0 saturated heterocycles. The van der Waals surface area contributed by atoms with E-state index in [0.29, 0.717) is 17.9 Å². The first-order valence-electron chi connectivity index (χ1n) is 8.17. The van der Waals surface area contributed by atoms with Crippen LogP contribution in [0.4, 0.5) is 5.69 Å². The minimum Gasteiger partial charge on any atom is -0.456 e. The summed E-state index contributed by atoms with van der Waals surface area (Å²) in [5.41, 5.74) is 2.67. The first-order chi connectivity index (χ1) is 12.6. The van der Waals surface area contributed by atoms with Crippen LogP contribution in [0.25, 0.3) is 0 Å². The van der Waals surface area contributed by atoms with E-state index in [4.69, 9.17) is 10.00 Å². The molecular weight excluding hydrogens is 348 g/mol. The van der Waals surface area contributed by atoms with Gasteiger partial charge in [0, 0.05) is 16.3 Å². The van der Waals surface area contributed by atoms with Gasteiger partial charge >= 0.3 is 5.97 Å². The topological polar surface area (TPSA) is 79.2 Å². The molecular formula is C20H20N2O3S. The van der Waals surface area contributed by atoms with E-state index in [-0.39, 0.29) is 13.0 Å². The minimum absolute atomic E-state index is 0.245. The van der Waals surface area contributed by atoms with Crippen molar-refractivity contribution < 1.29 is 14.3 Å². The summed E-state index contributed by atoms with van der Waals surface area (Å²) in [4.78, 5) is 24.6. The summed E-state index contributed by atoms with van der Waals surface area (Å²) >= 11 is 1.58. The highest BCUT2D eigenvalue weighted by Gasteiger charge is 2.08. The maximum Gasteiger partial charge on any atom is 0.307 e. The molecule has 0 fully saturated rings. The van der Waals surface area contributed by atoms with Crippen LogP contribution >= 0.6 is 11.8 Å². The second-order valence-electron chi connectivity index (χ2n) is 5.65. The third kappa shape index (κ3) is 6.99. The Morgan fingerprint density at radius 2 is 1.81 bits per heavy atom. The van der Waals surface area contributed by atoms with E-state index < -0.39 is 11.9 Å². The van der Waals surface area contributed by atoms with Crippen LogP contribution in [0, 0.1) is 18.3 Å². The molecule has 5 nitrogen and oxygen atoms in total. The van der Waals surface area contributed by atoms with Crippen molar-refractivity contribution in [2.24, 2.45) is 0 Å². The molecule has 1 N–H and O–H groups in total. The molecule has 0 aliphatic heterocycles. The predicted octanol–water partition coefficient (Wildman–Crippen LogP) is 3.73. The van der Waals surface area contributed by atoms with Gasteiger partial charge in [-0.15, -0.1) is 11.8 Å². The van der Waals surface area contributed by atoms with Crippen molar-refractivity contribution >= 4 is 29.3 Å². The lowest BCUT2D eigenvalue weighted by Gasteiger charge is -2.07. The monoisotopic (exact) mass is 368 g/mol. The Bertz CT molecular complexity index is 780.